The number of hydrogen-bond acceptors (Lipinski definition) is 5. The Morgan fingerprint density at radius 2 is 2.11 bits per heavy atom. The number of rotatable bonds is 8. The highest BCUT2D eigenvalue weighted by Crippen LogP contribution is 2.06. The molecule has 0 aliphatic carbocycles. The quantitative estimate of drug-likeness (QED) is 0.513. The third kappa shape index (κ3) is 4.12. The fourth-order valence-electron chi connectivity index (χ4n) is 1.58. The van der Waals surface area contributed by atoms with Gasteiger partial charge in [-0.1, -0.05) is 0 Å². The Morgan fingerprint density at radius 1 is 1.33 bits per heavy atom. The summed E-state index contributed by atoms with van der Waals surface area (Å²) in [5.74, 6) is 0.394. The van der Waals surface area contributed by atoms with E-state index in [4.69, 9.17) is 14.2 Å². The summed E-state index contributed by atoms with van der Waals surface area (Å²) in [6, 6.07) is 0. The third-order valence-electron chi connectivity index (χ3n) is 2.55. The van der Waals surface area contributed by atoms with Gasteiger partial charge >= 0.3 is 5.97 Å². The number of methoxy groups -OCH3 is 2. The van der Waals surface area contributed by atoms with Gasteiger partial charge in [0.25, 0.3) is 0 Å². The first-order chi connectivity index (χ1) is 8.70. The molecule has 0 aliphatic rings. The van der Waals surface area contributed by atoms with Crippen LogP contribution in [0.2, 0.25) is 0 Å². The van der Waals surface area contributed by atoms with Crippen molar-refractivity contribution in [3.8, 4) is 0 Å². The zero-order chi connectivity index (χ0) is 13.4. The highest BCUT2D eigenvalue weighted by molar-refractivity contribution is 5.87. The number of imidazole rings is 1. The van der Waals surface area contributed by atoms with Crippen LogP contribution in [0.4, 0.5) is 0 Å². The molecule has 1 rings (SSSR count). The number of ether oxygens (including phenoxy) is 3. The van der Waals surface area contributed by atoms with E-state index in [1.807, 2.05) is 6.92 Å². The molecule has 0 spiro atoms. The Balaban J connectivity index is 2.41. The molecule has 0 N–H and O–H groups in total. The Labute approximate surface area is 107 Å². The van der Waals surface area contributed by atoms with E-state index in [1.165, 1.54) is 13.3 Å². The molecule has 1 aromatic rings. The first kappa shape index (κ1) is 14.7. The van der Waals surface area contributed by atoms with Crippen molar-refractivity contribution in [2.24, 2.45) is 0 Å². The summed E-state index contributed by atoms with van der Waals surface area (Å²) in [4.78, 5) is 15.6. The lowest BCUT2D eigenvalue weighted by Crippen LogP contribution is -2.15. The maximum Gasteiger partial charge on any atom is 0.356 e. The monoisotopic (exact) mass is 256 g/mol. The van der Waals surface area contributed by atoms with Gasteiger partial charge in [-0.25, -0.2) is 9.78 Å². The van der Waals surface area contributed by atoms with Crippen LogP contribution >= 0.6 is 0 Å². The second kappa shape index (κ2) is 7.84. The molecule has 1 heterocycles. The molecule has 102 valence electrons. The molecule has 1 aromatic heterocycles. The van der Waals surface area contributed by atoms with Gasteiger partial charge < -0.3 is 18.8 Å². The van der Waals surface area contributed by atoms with E-state index in [2.05, 4.69) is 4.98 Å². The van der Waals surface area contributed by atoms with Gasteiger partial charge in [-0.05, 0) is 13.3 Å². The van der Waals surface area contributed by atoms with E-state index >= 15 is 0 Å². The van der Waals surface area contributed by atoms with Gasteiger partial charge in [-0.2, -0.15) is 0 Å². The number of hydrogen-bond donors (Lipinski definition) is 0. The van der Waals surface area contributed by atoms with Gasteiger partial charge in [-0.15, -0.1) is 0 Å². The van der Waals surface area contributed by atoms with E-state index < -0.39 is 0 Å². The first-order valence-corrected chi connectivity index (χ1v) is 5.87. The lowest BCUT2D eigenvalue weighted by atomic mass is 10.4. The van der Waals surface area contributed by atoms with Crippen LogP contribution in [-0.4, -0.2) is 49.6 Å². The largest absolute Gasteiger partial charge is 0.464 e. The molecule has 0 saturated carbocycles. The molecule has 0 aromatic carbocycles. The van der Waals surface area contributed by atoms with E-state index in [9.17, 15) is 4.79 Å². The van der Waals surface area contributed by atoms with Crippen LogP contribution in [0.15, 0.2) is 6.20 Å². The fraction of sp³-hybridized carbons (Fsp3) is 0.667. The molecule has 0 unspecified atom stereocenters. The molecular weight excluding hydrogens is 236 g/mol. The Kier molecular flexibility index (Phi) is 6.38. The summed E-state index contributed by atoms with van der Waals surface area (Å²) >= 11 is 0. The van der Waals surface area contributed by atoms with Crippen LogP contribution in [0, 0.1) is 6.92 Å². The molecule has 0 radical (unpaired) electrons. The van der Waals surface area contributed by atoms with Crippen LogP contribution in [0.5, 0.6) is 0 Å². The molecule has 0 fully saturated rings. The lowest BCUT2D eigenvalue weighted by Gasteiger charge is -2.09. The molecule has 0 atom stereocenters. The van der Waals surface area contributed by atoms with Crippen molar-refractivity contribution in [3.05, 3.63) is 17.7 Å². The van der Waals surface area contributed by atoms with Crippen molar-refractivity contribution >= 4 is 5.97 Å². The SMILES string of the molecule is COCCCOCCn1c(C(=O)OC)cnc1C. The van der Waals surface area contributed by atoms with Crippen LogP contribution in [-0.2, 0) is 20.8 Å². The van der Waals surface area contributed by atoms with Crippen molar-refractivity contribution in [2.45, 2.75) is 19.9 Å². The average molecular weight is 256 g/mol. The molecule has 0 amide bonds. The summed E-state index contributed by atoms with van der Waals surface area (Å²) in [5.41, 5.74) is 0.454. The van der Waals surface area contributed by atoms with Gasteiger partial charge in [0.2, 0.25) is 0 Å². The molecule has 0 bridgehead atoms. The second-order valence-corrected chi connectivity index (χ2v) is 3.79. The van der Waals surface area contributed by atoms with Gasteiger partial charge in [-0.3, -0.25) is 0 Å². The van der Waals surface area contributed by atoms with Gasteiger partial charge in [0, 0.05) is 26.9 Å². The van der Waals surface area contributed by atoms with Crippen LogP contribution in [0.1, 0.15) is 22.7 Å². The summed E-state index contributed by atoms with van der Waals surface area (Å²) in [5, 5.41) is 0. The number of nitrogens with zero attached hydrogens (tertiary/aromatic N) is 2. The summed E-state index contributed by atoms with van der Waals surface area (Å²) in [7, 11) is 3.02. The van der Waals surface area contributed by atoms with E-state index in [1.54, 1.807) is 11.7 Å². The zero-order valence-electron chi connectivity index (χ0n) is 11.1. The first-order valence-electron chi connectivity index (χ1n) is 5.87. The predicted octanol–water partition coefficient (Wildman–Crippen LogP) is 1.03. The highest BCUT2D eigenvalue weighted by Gasteiger charge is 2.14. The minimum Gasteiger partial charge on any atom is -0.464 e. The van der Waals surface area contributed by atoms with Crippen molar-refractivity contribution in [2.75, 3.05) is 34.0 Å². The summed E-state index contributed by atoms with van der Waals surface area (Å²) in [6.45, 7) is 4.30. The van der Waals surface area contributed by atoms with E-state index in [-0.39, 0.29) is 5.97 Å². The zero-order valence-corrected chi connectivity index (χ0v) is 11.1. The van der Waals surface area contributed by atoms with Crippen LogP contribution < -0.4 is 0 Å². The molecule has 6 nitrogen and oxygen atoms in total. The summed E-state index contributed by atoms with van der Waals surface area (Å²) < 4.78 is 16.9. The summed E-state index contributed by atoms with van der Waals surface area (Å²) in [6.07, 6.45) is 2.38. The third-order valence-corrected chi connectivity index (χ3v) is 2.55. The maximum absolute atomic E-state index is 11.5. The Hall–Kier alpha value is -1.40. The van der Waals surface area contributed by atoms with Crippen molar-refractivity contribution < 1.29 is 19.0 Å². The highest BCUT2D eigenvalue weighted by atomic mass is 16.5. The predicted molar refractivity (Wildman–Crippen MR) is 65.6 cm³/mol. The van der Waals surface area contributed by atoms with Crippen LogP contribution in [0.3, 0.4) is 0 Å². The van der Waals surface area contributed by atoms with Gasteiger partial charge in [0.05, 0.1) is 19.9 Å². The standard InChI is InChI=1S/C12H20N2O4/c1-10-13-9-11(12(15)17-3)14(10)5-8-18-7-4-6-16-2/h9H,4-8H2,1-3H3. The normalized spacial score (nSPS) is 10.6. The van der Waals surface area contributed by atoms with Crippen LogP contribution in [0.25, 0.3) is 0 Å². The maximum atomic E-state index is 11.5. The number of carbonyl (C=O) groups excluding carboxylic acids is 1. The van der Waals surface area contributed by atoms with Gasteiger partial charge in [0.1, 0.15) is 11.5 Å². The molecule has 0 saturated heterocycles. The van der Waals surface area contributed by atoms with E-state index in [0.717, 1.165) is 12.2 Å². The fourth-order valence-corrected chi connectivity index (χ4v) is 1.58. The lowest BCUT2D eigenvalue weighted by molar-refractivity contribution is 0.0582. The second-order valence-electron chi connectivity index (χ2n) is 3.79. The minimum absolute atomic E-state index is 0.380. The van der Waals surface area contributed by atoms with Crippen molar-refractivity contribution in [1.82, 2.24) is 9.55 Å². The Morgan fingerprint density at radius 3 is 2.78 bits per heavy atom. The molecule has 18 heavy (non-hydrogen) atoms. The smallest absolute Gasteiger partial charge is 0.356 e. The number of esters is 1. The molecule has 6 heteroatoms. The van der Waals surface area contributed by atoms with Crippen molar-refractivity contribution in [1.29, 1.82) is 0 Å². The molecule has 0 aliphatic heterocycles. The minimum atomic E-state index is -0.380. The number of carbonyl (C=O) groups is 1. The number of aryl methyl sites for hydroxylation is 1. The van der Waals surface area contributed by atoms with Crippen molar-refractivity contribution in [3.63, 3.8) is 0 Å². The average Bonchev–Trinajstić information content (AvgIpc) is 2.74. The van der Waals surface area contributed by atoms with E-state index in [0.29, 0.717) is 32.1 Å². The number of aromatic nitrogens is 2. The molecular formula is C12H20N2O4. The topological polar surface area (TPSA) is 62.6 Å². The Bertz CT molecular complexity index is 376. The van der Waals surface area contributed by atoms with Gasteiger partial charge in [0.15, 0.2) is 0 Å².